The highest BCUT2D eigenvalue weighted by Crippen LogP contribution is 2.47. The van der Waals surface area contributed by atoms with Crippen molar-refractivity contribution in [2.75, 3.05) is 13.1 Å². The van der Waals surface area contributed by atoms with Gasteiger partial charge in [-0.2, -0.15) is 0 Å². The van der Waals surface area contributed by atoms with Crippen molar-refractivity contribution in [3.63, 3.8) is 0 Å². The molecule has 3 fully saturated rings. The molecule has 3 aliphatic rings. The number of likely N-dealkylation sites (tertiary alicyclic amines) is 1. The second-order valence-electron chi connectivity index (χ2n) is 6.76. The molecule has 1 saturated heterocycles. The summed E-state index contributed by atoms with van der Waals surface area (Å²) in [6.45, 7) is 3.64. The summed E-state index contributed by atoms with van der Waals surface area (Å²) in [6.07, 6.45) is 7.66. The van der Waals surface area contributed by atoms with E-state index in [0.29, 0.717) is 17.7 Å². The minimum Gasteiger partial charge on any atom is -0.389 e. The molecule has 1 amide bonds. The van der Waals surface area contributed by atoms with E-state index in [9.17, 15) is 9.90 Å². The zero-order chi connectivity index (χ0) is 12.8. The number of hydrogen-bond acceptors (Lipinski definition) is 2. The lowest BCUT2D eigenvalue weighted by molar-refractivity contribution is -0.142. The summed E-state index contributed by atoms with van der Waals surface area (Å²) < 4.78 is 0. The van der Waals surface area contributed by atoms with Crippen LogP contribution in [-0.4, -0.2) is 34.6 Å². The van der Waals surface area contributed by atoms with Crippen molar-refractivity contribution in [1.29, 1.82) is 0 Å². The van der Waals surface area contributed by atoms with E-state index in [4.69, 9.17) is 0 Å². The molecule has 0 aromatic heterocycles. The highest BCUT2D eigenvalue weighted by Gasteiger charge is 2.50. The van der Waals surface area contributed by atoms with Crippen LogP contribution in [0.3, 0.4) is 0 Å². The van der Waals surface area contributed by atoms with Gasteiger partial charge in [0.25, 0.3) is 0 Å². The zero-order valence-corrected chi connectivity index (χ0v) is 11.4. The van der Waals surface area contributed by atoms with Crippen LogP contribution in [0.15, 0.2) is 0 Å². The molecular weight excluding hydrogens is 226 g/mol. The third kappa shape index (κ3) is 2.18. The van der Waals surface area contributed by atoms with Gasteiger partial charge in [-0.3, -0.25) is 4.79 Å². The maximum Gasteiger partial charge on any atom is 0.222 e. The summed E-state index contributed by atoms with van der Waals surface area (Å²) >= 11 is 0. The van der Waals surface area contributed by atoms with Crippen LogP contribution >= 0.6 is 0 Å². The molecule has 3 heteroatoms. The standard InChI is InChI=1S/C15H25NO2/c1-11-10-16(14(17)9-12-3-2-4-12)8-7-15(11,18)13-5-6-13/h11-13,18H,2-10H2,1H3/t11-,15+/m1/s1. The van der Waals surface area contributed by atoms with Crippen molar-refractivity contribution >= 4 is 5.91 Å². The maximum atomic E-state index is 12.2. The Labute approximate surface area is 110 Å². The molecule has 0 unspecified atom stereocenters. The topological polar surface area (TPSA) is 40.5 Å². The number of aliphatic hydroxyl groups is 1. The Morgan fingerprint density at radius 2 is 2.06 bits per heavy atom. The van der Waals surface area contributed by atoms with Crippen molar-refractivity contribution in [3.05, 3.63) is 0 Å². The van der Waals surface area contributed by atoms with Crippen molar-refractivity contribution in [2.45, 2.75) is 57.5 Å². The van der Waals surface area contributed by atoms with Crippen LogP contribution in [0.25, 0.3) is 0 Å². The van der Waals surface area contributed by atoms with Gasteiger partial charge in [0, 0.05) is 25.4 Å². The van der Waals surface area contributed by atoms with E-state index in [1.807, 2.05) is 4.90 Å². The van der Waals surface area contributed by atoms with E-state index >= 15 is 0 Å². The molecule has 3 rings (SSSR count). The minimum atomic E-state index is -0.479. The fraction of sp³-hybridized carbons (Fsp3) is 0.933. The normalized spacial score (nSPS) is 37.4. The Morgan fingerprint density at radius 3 is 2.56 bits per heavy atom. The predicted octanol–water partition coefficient (Wildman–Crippen LogP) is 2.19. The second-order valence-corrected chi connectivity index (χ2v) is 6.76. The second kappa shape index (κ2) is 4.52. The first-order valence-electron chi connectivity index (χ1n) is 7.60. The summed E-state index contributed by atoms with van der Waals surface area (Å²) in [6, 6.07) is 0. The van der Waals surface area contributed by atoms with E-state index in [0.717, 1.165) is 25.9 Å². The average molecular weight is 251 g/mol. The van der Waals surface area contributed by atoms with Gasteiger partial charge in [0.05, 0.1) is 5.60 Å². The van der Waals surface area contributed by atoms with Gasteiger partial charge in [-0.1, -0.05) is 13.3 Å². The number of carbonyl (C=O) groups excluding carboxylic acids is 1. The van der Waals surface area contributed by atoms with Crippen LogP contribution in [0, 0.1) is 17.8 Å². The Balaban J connectivity index is 1.55. The molecule has 2 aliphatic carbocycles. The fourth-order valence-corrected chi connectivity index (χ4v) is 3.63. The molecule has 3 nitrogen and oxygen atoms in total. The monoisotopic (exact) mass is 251 g/mol. The van der Waals surface area contributed by atoms with E-state index in [2.05, 4.69) is 6.92 Å². The first-order valence-corrected chi connectivity index (χ1v) is 7.60. The molecular formula is C15H25NO2. The largest absolute Gasteiger partial charge is 0.389 e. The van der Waals surface area contributed by atoms with Gasteiger partial charge in [-0.05, 0) is 43.9 Å². The molecule has 2 saturated carbocycles. The molecule has 0 aromatic carbocycles. The summed E-state index contributed by atoms with van der Waals surface area (Å²) in [5.74, 6) is 1.72. The Morgan fingerprint density at radius 1 is 1.33 bits per heavy atom. The molecule has 1 N–H and O–H groups in total. The first-order chi connectivity index (χ1) is 8.59. The SMILES string of the molecule is C[C@@H]1CN(C(=O)CC2CCC2)CC[C@@]1(O)C1CC1. The number of hydrogen-bond donors (Lipinski definition) is 1. The van der Waals surface area contributed by atoms with Gasteiger partial charge in [0.15, 0.2) is 0 Å². The lowest BCUT2D eigenvalue weighted by atomic mass is 9.77. The van der Waals surface area contributed by atoms with Crippen molar-refractivity contribution in [1.82, 2.24) is 4.90 Å². The van der Waals surface area contributed by atoms with Gasteiger partial charge >= 0.3 is 0 Å². The van der Waals surface area contributed by atoms with Crippen molar-refractivity contribution < 1.29 is 9.90 Å². The molecule has 0 bridgehead atoms. The highest BCUT2D eigenvalue weighted by atomic mass is 16.3. The van der Waals surface area contributed by atoms with Gasteiger partial charge in [0.2, 0.25) is 5.91 Å². The summed E-state index contributed by atoms with van der Waals surface area (Å²) in [5, 5.41) is 10.7. The third-order valence-electron chi connectivity index (χ3n) is 5.45. The van der Waals surface area contributed by atoms with E-state index in [1.165, 1.54) is 32.1 Å². The molecule has 102 valence electrons. The molecule has 0 radical (unpaired) electrons. The van der Waals surface area contributed by atoms with E-state index in [-0.39, 0.29) is 5.92 Å². The van der Waals surface area contributed by atoms with Gasteiger partial charge in [-0.25, -0.2) is 0 Å². The van der Waals surface area contributed by atoms with Crippen LogP contribution in [0.4, 0.5) is 0 Å². The lowest BCUT2D eigenvalue weighted by Crippen LogP contribution is -2.53. The highest BCUT2D eigenvalue weighted by molar-refractivity contribution is 5.76. The number of carbonyl (C=O) groups is 1. The zero-order valence-electron chi connectivity index (χ0n) is 11.4. The lowest BCUT2D eigenvalue weighted by Gasteiger charge is -2.44. The predicted molar refractivity (Wildman–Crippen MR) is 70.0 cm³/mol. The third-order valence-corrected chi connectivity index (χ3v) is 5.45. The summed E-state index contributed by atoms with van der Waals surface area (Å²) in [4.78, 5) is 14.2. The van der Waals surface area contributed by atoms with Crippen LogP contribution in [0.5, 0.6) is 0 Å². The molecule has 0 aromatic rings. The van der Waals surface area contributed by atoms with Crippen molar-refractivity contribution in [2.24, 2.45) is 17.8 Å². The van der Waals surface area contributed by atoms with Crippen LogP contribution in [0.2, 0.25) is 0 Å². The molecule has 0 spiro atoms. The molecule has 1 aliphatic heterocycles. The Kier molecular flexibility index (Phi) is 3.13. The van der Waals surface area contributed by atoms with Crippen LogP contribution in [0.1, 0.15) is 51.9 Å². The summed E-state index contributed by atoms with van der Waals surface area (Å²) in [7, 11) is 0. The molecule has 1 heterocycles. The van der Waals surface area contributed by atoms with Crippen LogP contribution < -0.4 is 0 Å². The van der Waals surface area contributed by atoms with Gasteiger partial charge in [0.1, 0.15) is 0 Å². The molecule has 2 atom stereocenters. The quantitative estimate of drug-likeness (QED) is 0.835. The number of piperidine rings is 1. The average Bonchev–Trinajstić information content (AvgIpc) is 3.11. The Hall–Kier alpha value is -0.570. The number of nitrogens with zero attached hydrogens (tertiary/aromatic N) is 1. The van der Waals surface area contributed by atoms with E-state index < -0.39 is 5.60 Å². The summed E-state index contributed by atoms with van der Waals surface area (Å²) in [5.41, 5.74) is -0.479. The Bertz CT molecular complexity index is 335. The number of rotatable bonds is 3. The van der Waals surface area contributed by atoms with E-state index in [1.54, 1.807) is 0 Å². The van der Waals surface area contributed by atoms with Crippen molar-refractivity contribution in [3.8, 4) is 0 Å². The van der Waals surface area contributed by atoms with Gasteiger partial charge in [-0.15, -0.1) is 0 Å². The fourth-order valence-electron chi connectivity index (χ4n) is 3.63. The van der Waals surface area contributed by atoms with Gasteiger partial charge < -0.3 is 10.0 Å². The smallest absolute Gasteiger partial charge is 0.222 e. The molecule has 18 heavy (non-hydrogen) atoms. The number of amides is 1. The van der Waals surface area contributed by atoms with Crippen LogP contribution in [-0.2, 0) is 4.79 Å². The maximum absolute atomic E-state index is 12.2. The minimum absolute atomic E-state index is 0.240. The first kappa shape index (κ1) is 12.5.